The SMILES string of the molecule is CCCCCC=CCCCCCCCC(=O)OCCC(C)(C)NC. The van der Waals surface area contributed by atoms with Gasteiger partial charge in [-0.2, -0.15) is 0 Å². The first-order chi connectivity index (χ1) is 11.5. The standard InChI is InChI=1S/C21H41NO2/c1-5-6-7-8-9-10-11-12-13-14-15-16-17-20(23)24-19-18-21(2,3)22-4/h9-10,22H,5-8,11-19H2,1-4H3. The van der Waals surface area contributed by atoms with Crippen LogP contribution in [0, 0.1) is 0 Å². The van der Waals surface area contributed by atoms with Gasteiger partial charge < -0.3 is 10.1 Å². The highest BCUT2D eigenvalue weighted by atomic mass is 16.5. The Morgan fingerprint density at radius 1 is 0.958 bits per heavy atom. The second kappa shape index (κ2) is 15.7. The summed E-state index contributed by atoms with van der Waals surface area (Å²) in [6.45, 7) is 6.98. The molecule has 142 valence electrons. The Morgan fingerprint density at radius 2 is 1.54 bits per heavy atom. The van der Waals surface area contributed by atoms with Crippen molar-refractivity contribution in [3.63, 3.8) is 0 Å². The van der Waals surface area contributed by atoms with E-state index in [1.807, 2.05) is 7.05 Å². The van der Waals surface area contributed by atoms with Gasteiger partial charge in [0.05, 0.1) is 6.61 Å². The minimum absolute atomic E-state index is 0.0325. The fourth-order valence-electron chi connectivity index (χ4n) is 2.43. The largest absolute Gasteiger partial charge is 0.466 e. The molecule has 0 radical (unpaired) electrons. The highest BCUT2D eigenvalue weighted by Gasteiger charge is 2.15. The lowest BCUT2D eigenvalue weighted by molar-refractivity contribution is -0.144. The van der Waals surface area contributed by atoms with Crippen LogP contribution in [0.3, 0.4) is 0 Å². The first kappa shape index (κ1) is 23.2. The van der Waals surface area contributed by atoms with E-state index in [1.165, 1.54) is 51.4 Å². The molecule has 0 atom stereocenters. The van der Waals surface area contributed by atoms with Gasteiger partial charge in [-0.25, -0.2) is 0 Å². The summed E-state index contributed by atoms with van der Waals surface area (Å²) in [6, 6.07) is 0. The lowest BCUT2D eigenvalue weighted by Crippen LogP contribution is -2.37. The summed E-state index contributed by atoms with van der Waals surface area (Å²) in [6.07, 6.45) is 18.4. The van der Waals surface area contributed by atoms with Crippen molar-refractivity contribution < 1.29 is 9.53 Å². The van der Waals surface area contributed by atoms with E-state index in [1.54, 1.807) is 0 Å². The molecule has 0 aliphatic rings. The average molecular weight is 340 g/mol. The molecule has 0 saturated heterocycles. The number of carbonyl (C=O) groups excluding carboxylic acids is 1. The molecule has 0 bridgehead atoms. The molecule has 0 amide bonds. The van der Waals surface area contributed by atoms with Gasteiger partial charge in [0, 0.05) is 12.0 Å². The number of carbonyl (C=O) groups is 1. The zero-order chi connectivity index (χ0) is 18.1. The van der Waals surface area contributed by atoms with Gasteiger partial charge in [-0.1, -0.05) is 51.2 Å². The maximum Gasteiger partial charge on any atom is 0.305 e. The maximum atomic E-state index is 11.6. The summed E-state index contributed by atoms with van der Waals surface area (Å²) in [5, 5.41) is 3.21. The van der Waals surface area contributed by atoms with E-state index < -0.39 is 0 Å². The number of ether oxygens (including phenoxy) is 1. The minimum Gasteiger partial charge on any atom is -0.466 e. The number of esters is 1. The van der Waals surface area contributed by atoms with Crippen LogP contribution in [0.25, 0.3) is 0 Å². The van der Waals surface area contributed by atoms with Gasteiger partial charge in [-0.05, 0) is 59.4 Å². The molecule has 0 aliphatic heterocycles. The van der Waals surface area contributed by atoms with E-state index >= 15 is 0 Å². The normalized spacial score (nSPS) is 12.0. The summed E-state index contributed by atoms with van der Waals surface area (Å²) >= 11 is 0. The topological polar surface area (TPSA) is 38.3 Å². The van der Waals surface area contributed by atoms with Crippen LogP contribution < -0.4 is 5.32 Å². The molecule has 0 aromatic heterocycles. The first-order valence-corrected chi connectivity index (χ1v) is 10.0. The summed E-state index contributed by atoms with van der Waals surface area (Å²) < 4.78 is 5.29. The summed E-state index contributed by atoms with van der Waals surface area (Å²) in [5.74, 6) is -0.0445. The molecule has 0 rings (SSSR count). The molecular weight excluding hydrogens is 298 g/mol. The third kappa shape index (κ3) is 16.0. The smallest absolute Gasteiger partial charge is 0.305 e. The number of rotatable bonds is 16. The van der Waals surface area contributed by atoms with E-state index in [-0.39, 0.29) is 11.5 Å². The van der Waals surface area contributed by atoms with Gasteiger partial charge in [0.1, 0.15) is 0 Å². The van der Waals surface area contributed by atoms with Crippen molar-refractivity contribution in [1.29, 1.82) is 0 Å². The fourth-order valence-corrected chi connectivity index (χ4v) is 2.43. The lowest BCUT2D eigenvalue weighted by Gasteiger charge is -2.23. The second-order valence-corrected chi connectivity index (χ2v) is 7.38. The van der Waals surface area contributed by atoms with E-state index in [0.717, 1.165) is 19.3 Å². The molecule has 0 spiro atoms. The molecular formula is C21H41NO2. The van der Waals surface area contributed by atoms with E-state index in [2.05, 4.69) is 38.2 Å². The van der Waals surface area contributed by atoms with Crippen LogP contribution in [0.15, 0.2) is 12.2 Å². The minimum atomic E-state index is -0.0445. The fraction of sp³-hybridized carbons (Fsp3) is 0.857. The van der Waals surface area contributed by atoms with Gasteiger partial charge in [0.2, 0.25) is 0 Å². The second-order valence-electron chi connectivity index (χ2n) is 7.38. The predicted octanol–water partition coefficient (Wildman–Crippen LogP) is 5.78. The van der Waals surface area contributed by atoms with Crippen LogP contribution in [0.2, 0.25) is 0 Å². The van der Waals surface area contributed by atoms with Crippen molar-refractivity contribution in [2.24, 2.45) is 0 Å². The molecule has 1 N–H and O–H groups in total. The molecule has 3 nitrogen and oxygen atoms in total. The molecule has 0 aromatic rings. The molecule has 0 unspecified atom stereocenters. The van der Waals surface area contributed by atoms with Crippen LogP contribution >= 0.6 is 0 Å². The lowest BCUT2D eigenvalue weighted by atomic mass is 10.0. The van der Waals surface area contributed by atoms with Crippen LogP contribution in [0.1, 0.15) is 97.8 Å². The Kier molecular flexibility index (Phi) is 15.1. The van der Waals surface area contributed by atoms with Crippen molar-refractivity contribution in [2.75, 3.05) is 13.7 Å². The Balaban J connectivity index is 3.33. The highest BCUT2D eigenvalue weighted by Crippen LogP contribution is 2.10. The van der Waals surface area contributed by atoms with Gasteiger partial charge >= 0.3 is 5.97 Å². The quantitative estimate of drug-likeness (QED) is 0.220. The van der Waals surface area contributed by atoms with Crippen molar-refractivity contribution in [3.8, 4) is 0 Å². The molecule has 0 aliphatic carbocycles. The van der Waals surface area contributed by atoms with Crippen LogP contribution in [0.5, 0.6) is 0 Å². The van der Waals surface area contributed by atoms with Gasteiger partial charge in [0.15, 0.2) is 0 Å². The van der Waals surface area contributed by atoms with E-state index in [0.29, 0.717) is 13.0 Å². The zero-order valence-corrected chi connectivity index (χ0v) is 16.7. The van der Waals surface area contributed by atoms with Gasteiger partial charge in [-0.15, -0.1) is 0 Å². The van der Waals surface area contributed by atoms with Crippen LogP contribution in [-0.4, -0.2) is 25.2 Å². The van der Waals surface area contributed by atoms with E-state index in [9.17, 15) is 4.79 Å². The van der Waals surface area contributed by atoms with Gasteiger partial charge in [-0.3, -0.25) is 4.79 Å². The molecule has 0 saturated carbocycles. The maximum absolute atomic E-state index is 11.6. The third-order valence-corrected chi connectivity index (χ3v) is 4.56. The third-order valence-electron chi connectivity index (χ3n) is 4.56. The predicted molar refractivity (Wildman–Crippen MR) is 104 cm³/mol. The molecule has 0 heterocycles. The van der Waals surface area contributed by atoms with Crippen molar-refractivity contribution >= 4 is 5.97 Å². The van der Waals surface area contributed by atoms with Crippen LogP contribution in [0.4, 0.5) is 0 Å². The van der Waals surface area contributed by atoms with Crippen LogP contribution in [-0.2, 0) is 9.53 Å². The van der Waals surface area contributed by atoms with Crippen molar-refractivity contribution in [2.45, 2.75) is 103 Å². The average Bonchev–Trinajstić information content (AvgIpc) is 2.55. The summed E-state index contributed by atoms with van der Waals surface area (Å²) in [4.78, 5) is 11.6. The number of nitrogens with one attached hydrogen (secondary N) is 1. The Hall–Kier alpha value is -0.830. The van der Waals surface area contributed by atoms with Gasteiger partial charge in [0.25, 0.3) is 0 Å². The Morgan fingerprint density at radius 3 is 2.17 bits per heavy atom. The number of unbranched alkanes of at least 4 members (excludes halogenated alkanes) is 8. The first-order valence-electron chi connectivity index (χ1n) is 10.0. The molecule has 0 aromatic carbocycles. The molecule has 24 heavy (non-hydrogen) atoms. The summed E-state index contributed by atoms with van der Waals surface area (Å²) in [5.41, 5.74) is 0.0325. The summed E-state index contributed by atoms with van der Waals surface area (Å²) in [7, 11) is 1.93. The van der Waals surface area contributed by atoms with E-state index in [4.69, 9.17) is 4.74 Å². The van der Waals surface area contributed by atoms with Crippen molar-refractivity contribution in [3.05, 3.63) is 12.2 Å². The Bertz CT molecular complexity index is 324. The van der Waals surface area contributed by atoms with Crippen molar-refractivity contribution in [1.82, 2.24) is 5.32 Å². The highest BCUT2D eigenvalue weighted by molar-refractivity contribution is 5.69. The number of allylic oxidation sites excluding steroid dienone is 2. The number of hydrogen-bond donors (Lipinski definition) is 1. The molecule has 3 heteroatoms. The number of hydrogen-bond acceptors (Lipinski definition) is 3. The zero-order valence-electron chi connectivity index (χ0n) is 16.7. The Labute approximate surface area is 150 Å². The molecule has 0 fully saturated rings. The monoisotopic (exact) mass is 339 g/mol.